The SMILES string of the molecule is OC(CC1CCC1)c1ncc(Br)cc1Br. The first-order valence-corrected chi connectivity index (χ1v) is 6.74. The predicted octanol–water partition coefficient (Wildman–Crippen LogP) is 3.83. The number of halogens is 2. The fourth-order valence-electron chi connectivity index (χ4n) is 1.83. The van der Waals surface area contributed by atoms with E-state index in [0.29, 0.717) is 5.92 Å². The van der Waals surface area contributed by atoms with Crippen molar-refractivity contribution in [1.29, 1.82) is 0 Å². The molecule has 1 atom stereocenters. The highest BCUT2D eigenvalue weighted by molar-refractivity contribution is 9.11. The van der Waals surface area contributed by atoms with Gasteiger partial charge in [0.05, 0.1) is 11.8 Å². The second-order valence-electron chi connectivity index (χ2n) is 4.07. The number of pyridine rings is 1. The predicted molar refractivity (Wildman–Crippen MR) is 66.6 cm³/mol. The van der Waals surface area contributed by atoms with Crippen molar-refractivity contribution in [3.05, 3.63) is 26.9 Å². The highest BCUT2D eigenvalue weighted by atomic mass is 79.9. The molecule has 0 amide bonds. The van der Waals surface area contributed by atoms with E-state index in [4.69, 9.17) is 0 Å². The number of rotatable bonds is 3. The van der Waals surface area contributed by atoms with Crippen LogP contribution in [0.3, 0.4) is 0 Å². The van der Waals surface area contributed by atoms with Gasteiger partial charge in [0.1, 0.15) is 0 Å². The highest BCUT2D eigenvalue weighted by Crippen LogP contribution is 2.36. The van der Waals surface area contributed by atoms with Crippen LogP contribution in [0.2, 0.25) is 0 Å². The Morgan fingerprint density at radius 3 is 2.73 bits per heavy atom. The Morgan fingerprint density at radius 1 is 1.47 bits per heavy atom. The molecule has 4 heteroatoms. The molecule has 2 nitrogen and oxygen atoms in total. The molecular formula is C11H13Br2NO. The maximum Gasteiger partial charge on any atom is 0.0973 e. The minimum Gasteiger partial charge on any atom is -0.387 e. The Balaban J connectivity index is 2.06. The first-order chi connectivity index (χ1) is 7.16. The summed E-state index contributed by atoms with van der Waals surface area (Å²) in [7, 11) is 0. The van der Waals surface area contributed by atoms with E-state index < -0.39 is 6.10 Å². The number of aromatic nitrogens is 1. The average Bonchev–Trinajstić information content (AvgIpc) is 2.11. The number of hydrogen-bond donors (Lipinski definition) is 1. The number of hydrogen-bond acceptors (Lipinski definition) is 2. The van der Waals surface area contributed by atoms with E-state index in [1.807, 2.05) is 6.07 Å². The molecule has 0 saturated heterocycles. The molecule has 15 heavy (non-hydrogen) atoms. The fourth-order valence-corrected chi connectivity index (χ4v) is 3.08. The highest BCUT2D eigenvalue weighted by Gasteiger charge is 2.23. The van der Waals surface area contributed by atoms with E-state index in [1.165, 1.54) is 19.3 Å². The lowest BCUT2D eigenvalue weighted by molar-refractivity contribution is 0.114. The zero-order chi connectivity index (χ0) is 10.8. The summed E-state index contributed by atoms with van der Waals surface area (Å²) in [6.07, 6.45) is 5.96. The standard InChI is InChI=1S/C11H13Br2NO/c12-8-5-9(13)11(14-6-8)10(15)4-7-2-1-3-7/h5-7,10,15H,1-4H2. The van der Waals surface area contributed by atoms with Crippen LogP contribution in [0.1, 0.15) is 37.5 Å². The third kappa shape index (κ3) is 2.80. The molecule has 0 bridgehead atoms. The third-order valence-electron chi connectivity index (χ3n) is 2.93. The van der Waals surface area contributed by atoms with Crippen molar-refractivity contribution in [3.8, 4) is 0 Å². The first-order valence-electron chi connectivity index (χ1n) is 5.16. The van der Waals surface area contributed by atoms with Gasteiger partial charge in [-0.2, -0.15) is 0 Å². The van der Waals surface area contributed by atoms with Crippen molar-refractivity contribution in [1.82, 2.24) is 4.98 Å². The molecule has 1 saturated carbocycles. The number of aliphatic hydroxyl groups is 1. The molecule has 2 rings (SSSR count). The van der Waals surface area contributed by atoms with Gasteiger partial charge in [-0.05, 0) is 50.3 Å². The lowest BCUT2D eigenvalue weighted by atomic mass is 9.81. The largest absolute Gasteiger partial charge is 0.387 e. The van der Waals surface area contributed by atoms with Crippen molar-refractivity contribution < 1.29 is 5.11 Å². The molecule has 1 N–H and O–H groups in total. The van der Waals surface area contributed by atoms with Gasteiger partial charge in [-0.25, -0.2) is 0 Å². The van der Waals surface area contributed by atoms with Crippen molar-refractivity contribution in [3.63, 3.8) is 0 Å². The smallest absolute Gasteiger partial charge is 0.0973 e. The van der Waals surface area contributed by atoms with Gasteiger partial charge >= 0.3 is 0 Å². The van der Waals surface area contributed by atoms with Gasteiger partial charge in [-0.1, -0.05) is 19.3 Å². The molecule has 82 valence electrons. The van der Waals surface area contributed by atoms with Crippen LogP contribution in [0.4, 0.5) is 0 Å². The van der Waals surface area contributed by atoms with E-state index in [2.05, 4.69) is 36.8 Å². The van der Waals surface area contributed by atoms with E-state index >= 15 is 0 Å². The Hall–Kier alpha value is 0.0700. The monoisotopic (exact) mass is 333 g/mol. The van der Waals surface area contributed by atoms with Crippen LogP contribution in [-0.4, -0.2) is 10.1 Å². The summed E-state index contributed by atoms with van der Waals surface area (Å²) >= 11 is 6.77. The van der Waals surface area contributed by atoms with Gasteiger partial charge in [-0.3, -0.25) is 4.98 Å². The van der Waals surface area contributed by atoms with Crippen LogP contribution in [0, 0.1) is 5.92 Å². The molecule has 1 aromatic rings. The minimum absolute atomic E-state index is 0.433. The maximum absolute atomic E-state index is 10.0. The summed E-state index contributed by atoms with van der Waals surface area (Å²) in [5.41, 5.74) is 0.755. The molecule has 0 radical (unpaired) electrons. The van der Waals surface area contributed by atoms with E-state index in [9.17, 15) is 5.11 Å². The van der Waals surface area contributed by atoms with Crippen LogP contribution in [0.5, 0.6) is 0 Å². The van der Waals surface area contributed by atoms with Crippen molar-refractivity contribution >= 4 is 31.9 Å². The van der Waals surface area contributed by atoms with Gasteiger partial charge in [0.15, 0.2) is 0 Å². The van der Waals surface area contributed by atoms with Gasteiger partial charge in [0, 0.05) is 15.1 Å². The van der Waals surface area contributed by atoms with E-state index in [1.54, 1.807) is 6.20 Å². The number of aliphatic hydroxyl groups excluding tert-OH is 1. The Bertz CT molecular complexity index is 352. The molecule has 1 aromatic heterocycles. The fraction of sp³-hybridized carbons (Fsp3) is 0.545. The lowest BCUT2D eigenvalue weighted by Crippen LogP contribution is -2.15. The lowest BCUT2D eigenvalue weighted by Gasteiger charge is -2.27. The first kappa shape index (κ1) is 11.6. The Morgan fingerprint density at radius 2 is 2.20 bits per heavy atom. The zero-order valence-corrected chi connectivity index (χ0v) is 11.5. The summed E-state index contributed by atoms with van der Waals surface area (Å²) < 4.78 is 1.80. The van der Waals surface area contributed by atoms with Crippen LogP contribution >= 0.6 is 31.9 Å². The van der Waals surface area contributed by atoms with E-state index in [-0.39, 0.29) is 0 Å². The molecule has 1 fully saturated rings. The number of nitrogens with zero attached hydrogens (tertiary/aromatic N) is 1. The topological polar surface area (TPSA) is 33.1 Å². The minimum atomic E-state index is -0.433. The van der Waals surface area contributed by atoms with Gasteiger partial charge in [0.25, 0.3) is 0 Å². The second-order valence-corrected chi connectivity index (χ2v) is 5.84. The summed E-state index contributed by atoms with van der Waals surface area (Å²) in [4.78, 5) is 4.25. The van der Waals surface area contributed by atoms with Crippen molar-refractivity contribution in [2.24, 2.45) is 5.92 Å². The molecule has 1 heterocycles. The third-order valence-corrected chi connectivity index (χ3v) is 4.00. The summed E-state index contributed by atoms with van der Waals surface area (Å²) in [5.74, 6) is 0.692. The average molecular weight is 335 g/mol. The van der Waals surface area contributed by atoms with Crippen LogP contribution in [-0.2, 0) is 0 Å². The molecule has 1 aliphatic carbocycles. The molecular weight excluding hydrogens is 322 g/mol. The van der Waals surface area contributed by atoms with Gasteiger partial charge < -0.3 is 5.11 Å². The summed E-state index contributed by atoms with van der Waals surface area (Å²) in [5, 5.41) is 10.0. The van der Waals surface area contributed by atoms with E-state index in [0.717, 1.165) is 21.1 Å². The molecule has 1 aliphatic rings. The maximum atomic E-state index is 10.0. The van der Waals surface area contributed by atoms with Gasteiger partial charge in [-0.15, -0.1) is 0 Å². The van der Waals surface area contributed by atoms with Crippen LogP contribution < -0.4 is 0 Å². The second kappa shape index (κ2) is 4.93. The van der Waals surface area contributed by atoms with Crippen molar-refractivity contribution in [2.45, 2.75) is 31.8 Å². The summed E-state index contributed by atoms with van der Waals surface area (Å²) in [6, 6.07) is 1.92. The summed E-state index contributed by atoms with van der Waals surface area (Å²) in [6.45, 7) is 0. The molecule has 0 aliphatic heterocycles. The molecule has 0 aromatic carbocycles. The van der Waals surface area contributed by atoms with Crippen LogP contribution in [0.15, 0.2) is 21.2 Å². The quantitative estimate of drug-likeness (QED) is 0.911. The normalized spacial score (nSPS) is 18.6. The van der Waals surface area contributed by atoms with Crippen molar-refractivity contribution in [2.75, 3.05) is 0 Å². The van der Waals surface area contributed by atoms with Crippen LogP contribution in [0.25, 0.3) is 0 Å². The van der Waals surface area contributed by atoms with Gasteiger partial charge in [0.2, 0.25) is 0 Å². The Labute approximate surface area is 106 Å². The molecule has 0 spiro atoms. The molecule has 1 unspecified atom stereocenters. The zero-order valence-electron chi connectivity index (χ0n) is 8.29. The Kier molecular flexibility index (Phi) is 3.80.